The first kappa shape index (κ1) is 14.0. The maximum Gasteiger partial charge on any atom is 0.275 e. The van der Waals surface area contributed by atoms with E-state index in [0.29, 0.717) is 11.6 Å². The second-order valence-corrected chi connectivity index (χ2v) is 6.64. The van der Waals surface area contributed by atoms with Gasteiger partial charge in [0.2, 0.25) is 5.95 Å². The lowest BCUT2D eigenvalue weighted by Crippen LogP contribution is -2.57. The smallest absolute Gasteiger partial charge is 0.275 e. The van der Waals surface area contributed by atoms with Crippen molar-refractivity contribution < 1.29 is 4.74 Å². The van der Waals surface area contributed by atoms with Gasteiger partial charge < -0.3 is 10.1 Å². The molecule has 1 unspecified atom stereocenters. The van der Waals surface area contributed by atoms with E-state index in [9.17, 15) is 4.79 Å². The van der Waals surface area contributed by atoms with Gasteiger partial charge in [0.05, 0.1) is 5.71 Å². The number of nitrogens with one attached hydrogen (secondary N) is 1. The summed E-state index contributed by atoms with van der Waals surface area (Å²) in [4.78, 5) is 16.6. The number of anilines is 1. The number of nitrogens with zero attached hydrogens (tertiary/aromatic N) is 3. The second-order valence-electron chi connectivity index (χ2n) is 6.64. The number of fused-ring (bicyclic) bond motifs is 4. The van der Waals surface area contributed by atoms with Crippen LogP contribution in [0.15, 0.2) is 34.2 Å². The minimum Gasteiger partial charge on any atom is -0.485 e. The zero-order valence-corrected chi connectivity index (χ0v) is 13.5. The van der Waals surface area contributed by atoms with E-state index in [1.807, 2.05) is 39.0 Å². The molecule has 2 aliphatic rings. The lowest BCUT2D eigenvalue weighted by molar-refractivity contribution is 0.0989. The summed E-state index contributed by atoms with van der Waals surface area (Å²) in [5.74, 6) is 1.25. The molecule has 0 fully saturated rings. The monoisotopic (exact) mass is 310 g/mol. The Morgan fingerprint density at radius 1 is 1.26 bits per heavy atom. The topological polar surface area (TPSA) is 68.5 Å². The van der Waals surface area contributed by atoms with Crippen molar-refractivity contribution in [3.63, 3.8) is 0 Å². The Morgan fingerprint density at radius 3 is 2.83 bits per heavy atom. The van der Waals surface area contributed by atoms with E-state index in [1.165, 1.54) is 10.7 Å². The highest BCUT2D eigenvalue weighted by molar-refractivity contribution is 6.10. The minimum absolute atomic E-state index is 0.175. The summed E-state index contributed by atoms with van der Waals surface area (Å²) >= 11 is 0. The van der Waals surface area contributed by atoms with E-state index < -0.39 is 5.60 Å². The number of ether oxygens (including phenoxy) is 1. The Hall–Kier alpha value is -2.63. The van der Waals surface area contributed by atoms with E-state index in [4.69, 9.17) is 4.74 Å². The Labute approximate surface area is 133 Å². The van der Waals surface area contributed by atoms with Gasteiger partial charge in [-0.3, -0.25) is 4.79 Å². The molecule has 23 heavy (non-hydrogen) atoms. The molecular weight excluding hydrogens is 292 g/mol. The number of benzene rings is 1. The fourth-order valence-corrected chi connectivity index (χ4v) is 3.12. The molecule has 3 heterocycles. The highest BCUT2D eigenvalue weighted by atomic mass is 16.5. The average Bonchev–Trinajstić information content (AvgIpc) is 2.45. The molecule has 0 saturated heterocycles. The molecule has 1 aromatic carbocycles. The Kier molecular flexibility index (Phi) is 2.70. The molecule has 0 aliphatic carbocycles. The fraction of sp³-hybridized carbons (Fsp3) is 0.353. The largest absolute Gasteiger partial charge is 0.485 e. The molecule has 0 amide bonds. The molecule has 1 N–H and O–H groups in total. The number of rotatable bonds is 0. The van der Waals surface area contributed by atoms with Gasteiger partial charge in [0, 0.05) is 17.3 Å². The molecule has 118 valence electrons. The van der Waals surface area contributed by atoms with Gasteiger partial charge in [-0.15, -0.1) is 0 Å². The van der Waals surface area contributed by atoms with Gasteiger partial charge in [-0.2, -0.15) is 9.78 Å². The van der Waals surface area contributed by atoms with Crippen LogP contribution in [0.1, 0.15) is 30.7 Å². The maximum atomic E-state index is 12.2. The van der Waals surface area contributed by atoms with Gasteiger partial charge in [-0.05, 0) is 45.4 Å². The Bertz CT molecular complexity index is 911. The van der Waals surface area contributed by atoms with Crippen LogP contribution in [0.25, 0.3) is 0 Å². The second kappa shape index (κ2) is 4.44. The standard InChI is InChI=1S/C17H18N4O2/c1-9-5-6-11-12(7-9)23-17(3,4)15-14(11)20-21-13(22)8-10(2)18-16(21)19-15/h5-8,15H,1-4H3,(H,18,19). The van der Waals surface area contributed by atoms with Crippen LogP contribution in [0.3, 0.4) is 0 Å². The molecule has 1 atom stereocenters. The number of hydrogen-bond donors (Lipinski definition) is 1. The molecular formula is C17H18N4O2. The van der Waals surface area contributed by atoms with Crippen LogP contribution >= 0.6 is 0 Å². The summed E-state index contributed by atoms with van der Waals surface area (Å²) in [5.41, 5.74) is 2.80. The summed E-state index contributed by atoms with van der Waals surface area (Å²) in [5, 5.41) is 7.91. The zero-order chi connectivity index (χ0) is 16.4. The lowest BCUT2D eigenvalue weighted by Gasteiger charge is -2.42. The first-order valence-electron chi connectivity index (χ1n) is 7.61. The van der Waals surface area contributed by atoms with E-state index in [-0.39, 0.29) is 11.6 Å². The molecule has 6 nitrogen and oxygen atoms in total. The molecule has 0 radical (unpaired) electrons. The fourth-order valence-electron chi connectivity index (χ4n) is 3.12. The van der Waals surface area contributed by atoms with Crippen LogP contribution in [0.2, 0.25) is 0 Å². The third-order valence-electron chi connectivity index (χ3n) is 4.26. The maximum absolute atomic E-state index is 12.2. The SMILES string of the molecule is Cc1ccc2c(c1)OC(C)(C)C1Nc3nc(C)cc(=O)n3N=C21. The summed E-state index contributed by atoms with van der Waals surface area (Å²) in [6.45, 7) is 7.84. The molecule has 1 aromatic heterocycles. The number of aryl methyl sites for hydroxylation is 2. The predicted octanol–water partition coefficient (Wildman–Crippen LogP) is 2.08. The van der Waals surface area contributed by atoms with E-state index >= 15 is 0 Å². The third kappa shape index (κ3) is 2.05. The lowest BCUT2D eigenvalue weighted by atomic mass is 9.86. The summed E-state index contributed by atoms with van der Waals surface area (Å²) in [6.07, 6.45) is 0. The van der Waals surface area contributed by atoms with Crippen molar-refractivity contribution in [3.05, 3.63) is 51.4 Å². The third-order valence-corrected chi connectivity index (χ3v) is 4.26. The van der Waals surface area contributed by atoms with E-state index in [1.54, 1.807) is 6.92 Å². The molecule has 2 aromatic rings. The van der Waals surface area contributed by atoms with Crippen LogP contribution < -0.4 is 15.6 Å². The van der Waals surface area contributed by atoms with E-state index in [0.717, 1.165) is 22.6 Å². The molecule has 2 aliphatic heterocycles. The van der Waals surface area contributed by atoms with Gasteiger partial charge in [0.1, 0.15) is 17.4 Å². The minimum atomic E-state index is -0.508. The molecule has 6 heteroatoms. The molecule has 4 rings (SSSR count). The van der Waals surface area contributed by atoms with Crippen molar-refractivity contribution in [3.8, 4) is 5.75 Å². The molecule has 0 bridgehead atoms. The Balaban J connectivity index is 1.99. The summed E-state index contributed by atoms with van der Waals surface area (Å²) in [7, 11) is 0. The van der Waals surface area contributed by atoms with Crippen molar-refractivity contribution in [1.29, 1.82) is 0 Å². The molecule has 0 spiro atoms. The van der Waals surface area contributed by atoms with Gasteiger partial charge >= 0.3 is 0 Å². The van der Waals surface area contributed by atoms with Crippen LogP contribution in [-0.2, 0) is 0 Å². The van der Waals surface area contributed by atoms with Crippen LogP contribution in [-0.4, -0.2) is 27.0 Å². The summed E-state index contributed by atoms with van der Waals surface area (Å²) < 4.78 is 7.51. The molecule has 0 saturated carbocycles. The van der Waals surface area contributed by atoms with E-state index in [2.05, 4.69) is 15.4 Å². The number of hydrogen-bond acceptors (Lipinski definition) is 5. The predicted molar refractivity (Wildman–Crippen MR) is 88.5 cm³/mol. The average molecular weight is 310 g/mol. The highest BCUT2D eigenvalue weighted by Gasteiger charge is 2.44. The van der Waals surface area contributed by atoms with Gasteiger partial charge in [-0.25, -0.2) is 4.98 Å². The van der Waals surface area contributed by atoms with Gasteiger partial charge in [0.15, 0.2) is 0 Å². The van der Waals surface area contributed by atoms with Crippen LogP contribution in [0, 0.1) is 13.8 Å². The summed E-state index contributed by atoms with van der Waals surface area (Å²) in [6, 6.07) is 7.32. The van der Waals surface area contributed by atoms with Crippen molar-refractivity contribution >= 4 is 11.7 Å². The van der Waals surface area contributed by atoms with Crippen molar-refractivity contribution in [2.75, 3.05) is 5.32 Å². The number of aromatic nitrogens is 2. The first-order chi connectivity index (χ1) is 10.8. The van der Waals surface area contributed by atoms with Crippen molar-refractivity contribution in [2.24, 2.45) is 5.10 Å². The highest BCUT2D eigenvalue weighted by Crippen LogP contribution is 2.37. The quantitative estimate of drug-likeness (QED) is 0.809. The van der Waals surface area contributed by atoms with Crippen molar-refractivity contribution in [2.45, 2.75) is 39.3 Å². The van der Waals surface area contributed by atoms with Crippen LogP contribution in [0.5, 0.6) is 5.75 Å². The van der Waals surface area contributed by atoms with Gasteiger partial charge in [0.25, 0.3) is 5.56 Å². The Morgan fingerprint density at radius 2 is 2.04 bits per heavy atom. The van der Waals surface area contributed by atoms with Crippen LogP contribution in [0.4, 0.5) is 5.95 Å². The van der Waals surface area contributed by atoms with Gasteiger partial charge in [-0.1, -0.05) is 6.07 Å². The zero-order valence-electron chi connectivity index (χ0n) is 13.5. The normalized spacial score (nSPS) is 20.3. The van der Waals surface area contributed by atoms with Crippen molar-refractivity contribution in [1.82, 2.24) is 9.66 Å². The first-order valence-corrected chi connectivity index (χ1v) is 7.61.